The summed E-state index contributed by atoms with van der Waals surface area (Å²) >= 11 is 6.30. The third-order valence-electron chi connectivity index (χ3n) is 3.43. The molecule has 0 radical (unpaired) electrons. The molecule has 2 rings (SSSR count). The largest absolute Gasteiger partial charge is 0.366 e. The average molecular weight is 299 g/mol. The smallest absolute Gasteiger partial charge is 0.288 e. The summed E-state index contributed by atoms with van der Waals surface area (Å²) < 4.78 is 1.44. The van der Waals surface area contributed by atoms with Crippen molar-refractivity contribution in [1.29, 1.82) is 0 Å². The van der Waals surface area contributed by atoms with Gasteiger partial charge in [0.15, 0.2) is 0 Å². The van der Waals surface area contributed by atoms with Gasteiger partial charge in [0.25, 0.3) is 5.56 Å². The zero-order valence-corrected chi connectivity index (χ0v) is 13.5. The number of nitrogens with zero attached hydrogens (tertiary/aromatic N) is 3. The number of anilines is 1. The van der Waals surface area contributed by atoms with E-state index in [9.17, 15) is 4.79 Å². The molecule has 0 bridgehead atoms. The molecule has 0 saturated carbocycles. The summed E-state index contributed by atoms with van der Waals surface area (Å²) in [5.74, 6) is 0. The number of rotatable bonds is 1. The Hall–Kier alpha value is -1.07. The van der Waals surface area contributed by atoms with Crippen LogP contribution in [0.25, 0.3) is 0 Å². The molecule has 6 heteroatoms. The van der Waals surface area contributed by atoms with Crippen LogP contribution < -0.4 is 15.8 Å². The van der Waals surface area contributed by atoms with Crippen molar-refractivity contribution in [2.75, 3.05) is 18.0 Å². The van der Waals surface area contributed by atoms with Crippen LogP contribution in [-0.2, 0) is 5.54 Å². The second-order valence-electron chi connectivity index (χ2n) is 6.61. The fourth-order valence-corrected chi connectivity index (χ4v) is 2.89. The summed E-state index contributed by atoms with van der Waals surface area (Å²) in [6.45, 7) is 11.7. The molecular weight excluding hydrogens is 276 g/mol. The molecule has 1 aromatic heterocycles. The maximum atomic E-state index is 12.4. The van der Waals surface area contributed by atoms with Crippen LogP contribution in [0.3, 0.4) is 0 Å². The lowest BCUT2D eigenvalue weighted by atomic mass is 10.1. The maximum Gasteiger partial charge on any atom is 0.288 e. The van der Waals surface area contributed by atoms with Gasteiger partial charge in [-0.2, -0.15) is 5.10 Å². The van der Waals surface area contributed by atoms with Crippen LogP contribution >= 0.6 is 11.6 Å². The molecule has 0 amide bonds. The van der Waals surface area contributed by atoms with Crippen LogP contribution in [0.1, 0.15) is 34.6 Å². The minimum absolute atomic E-state index is 0.226. The molecule has 0 aromatic carbocycles. The molecule has 2 heterocycles. The van der Waals surface area contributed by atoms with Crippen LogP contribution in [0.4, 0.5) is 5.69 Å². The van der Waals surface area contributed by atoms with Crippen LogP contribution in [0.2, 0.25) is 5.02 Å². The number of hydrogen-bond donors (Lipinski definition) is 1. The van der Waals surface area contributed by atoms with Gasteiger partial charge in [-0.05, 0) is 34.6 Å². The molecule has 1 saturated heterocycles. The number of nitrogens with one attached hydrogen (secondary N) is 1. The van der Waals surface area contributed by atoms with E-state index in [4.69, 9.17) is 11.6 Å². The summed E-state index contributed by atoms with van der Waals surface area (Å²) in [4.78, 5) is 14.5. The van der Waals surface area contributed by atoms with Crippen molar-refractivity contribution in [3.63, 3.8) is 0 Å². The molecular formula is C14H23ClN4O. The molecule has 1 aliphatic rings. The molecule has 1 fully saturated rings. The lowest BCUT2D eigenvalue weighted by Gasteiger charge is -2.38. The minimum atomic E-state index is -0.372. The SMILES string of the molecule is C[C@@H]1CN(c2cnn(C(C)(C)C)c(=O)c2Cl)C[C@H](C)N1. The Kier molecular flexibility index (Phi) is 4.12. The Labute approximate surface area is 124 Å². The van der Waals surface area contributed by atoms with Crippen LogP contribution in [0.15, 0.2) is 11.0 Å². The Morgan fingerprint density at radius 1 is 1.30 bits per heavy atom. The summed E-state index contributed by atoms with van der Waals surface area (Å²) in [7, 11) is 0. The Morgan fingerprint density at radius 2 is 1.85 bits per heavy atom. The predicted octanol–water partition coefficient (Wildman–Crippen LogP) is 1.84. The van der Waals surface area contributed by atoms with Crippen LogP contribution in [0, 0.1) is 0 Å². The van der Waals surface area contributed by atoms with E-state index in [1.54, 1.807) is 6.20 Å². The molecule has 5 nitrogen and oxygen atoms in total. The van der Waals surface area contributed by atoms with E-state index < -0.39 is 0 Å². The van der Waals surface area contributed by atoms with Gasteiger partial charge >= 0.3 is 0 Å². The van der Waals surface area contributed by atoms with E-state index in [0.29, 0.717) is 12.1 Å². The van der Waals surface area contributed by atoms with Crippen molar-refractivity contribution >= 4 is 17.3 Å². The molecule has 0 spiro atoms. The van der Waals surface area contributed by atoms with E-state index in [-0.39, 0.29) is 16.1 Å². The van der Waals surface area contributed by atoms with Gasteiger partial charge < -0.3 is 10.2 Å². The molecule has 112 valence electrons. The second kappa shape index (κ2) is 5.37. The molecule has 0 unspecified atom stereocenters. The molecule has 20 heavy (non-hydrogen) atoms. The average Bonchev–Trinajstić information content (AvgIpc) is 2.29. The van der Waals surface area contributed by atoms with E-state index in [1.807, 2.05) is 20.8 Å². The Bertz CT molecular complexity index is 539. The first-order valence-electron chi connectivity index (χ1n) is 6.99. The zero-order chi connectivity index (χ0) is 15.1. The van der Waals surface area contributed by atoms with E-state index in [2.05, 4.69) is 29.2 Å². The Morgan fingerprint density at radius 3 is 2.35 bits per heavy atom. The summed E-state index contributed by atoms with van der Waals surface area (Å²) in [5.41, 5.74) is 0.136. The summed E-state index contributed by atoms with van der Waals surface area (Å²) in [6, 6.07) is 0.722. The van der Waals surface area contributed by atoms with Crippen molar-refractivity contribution in [3.05, 3.63) is 21.6 Å². The highest BCUT2D eigenvalue weighted by molar-refractivity contribution is 6.33. The zero-order valence-electron chi connectivity index (χ0n) is 12.8. The van der Waals surface area contributed by atoms with Crippen molar-refractivity contribution in [2.24, 2.45) is 0 Å². The van der Waals surface area contributed by atoms with Crippen molar-refractivity contribution in [2.45, 2.75) is 52.2 Å². The molecule has 1 aliphatic heterocycles. The van der Waals surface area contributed by atoms with E-state index >= 15 is 0 Å². The van der Waals surface area contributed by atoms with Gasteiger partial charge in [0.2, 0.25) is 0 Å². The lowest BCUT2D eigenvalue weighted by Crippen LogP contribution is -2.54. The quantitative estimate of drug-likeness (QED) is 0.859. The van der Waals surface area contributed by atoms with Crippen molar-refractivity contribution in [1.82, 2.24) is 15.1 Å². The molecule has 2 atom stereocenters. The van der Waals surface area contributed by atoms with Gasteiger partial charge in [-0.3, -0.25) is 4.79 Å². The van der Waals surface area contributed by atoms with E-state index in [0.717, 1.165) is 18.8 Å². The topological polar surface area (TPSA) is 50.2 Å². The van der Waals surface area contributed by atoms with Gasteiger partial charge in [0.1, 0.15) is 5.02 Å². The molecule has 1 N–H and O–H groups in total. The highest BCUT2D eigenvalue weighted by Gasteiger charge is 2.26. The maximum absolute atomic E-state index is 12.4. The first-order chi connectivity index (χ1) is 9.20. The number of halogens is 1. The van der Waals surface area contributed by atoms with Gasteiger partial charge in [-0.15, -0.1) is 0 Å². The summed E-state index contributed by atoms with van der Waals surface area (Å²) in [6.07, 6.45) is 1.71. The first-order valence-corrected chi connectivity index (χ1v) is 7.37. The molecule has 0 aliphatic carbocycles. The van der Waals surface area contributed by atoms with Gasteiger partial charge in [-0.1, -0.05) is 11.6 Å². The lowest BCUT2D eigenvalue weighted by molar-refractivity contribution is 0.337. The van der Waals surface area contributed by atoms with Crippen LogP contribution in [-0.4, -0.2) is 35.0 Å². The second-order valence-corrected chi connectivity index (χ2v) is 6.98. The monoisotopic (exact) mass is 298 g/mol. The Balaban J connectivity index is 2.39. The van der Waals surface area contributed by atoms with E-state index in [1.165, 1.54) is 4.68 Å². The van der Waals surface area contributed by atoms with Gasteiger partial charge in [0, 0.05) is 25.2 Å². The third kappa shape index (κ3) is 2.99. The number of aromatic nitrogens is 2. The normalized spacial score (nSPS) is 24.0. The highest BCUT2D eigenvalue weighted by atomic mass is 35.5. The minimum Gasteiger partial charge on any atom is -0.366 e. The fourth-order valence-electron chi connectivity index (χ4n) is 2.65. The van der Waals surface area contributed by atoms with Crippen molar-refractivity contribution < 1.29 is 0 Å². The van der Waals surface area contributed by atoms with Gasteiger partial charge in [-0.25, -0.2) is 4.68 Å². The standard InChI is InChI=1S/C14H23ClN4O/c1-9-7-18(8-10(2)17-9)11-6-16-19(14(3,4)5)13(20)12(11)15/h6,9-10,17H,7-8H2,1-5H3/t9-,10+. The predicted molar refractivity (Wildman–Crippen MR) is 82.8 cm³/mol. The number of piperazine rings is 1. The van der Waals surface area contributed by atoms with Crippen LogP contribution in [0.5, 0.6) is 0 Å². The first kappa shape index (κ1) is 15.3. The third-order valence-corrected chi connectivity index (χ3v) is 3.79. The summed E-state index contributed by atoms with van der Waals surface area (Å²) in [5, 5.41) is 8.01. The number of hydrogen-bond acceptors (Lipinski definition) is 4. The van der Waals surface area contributed by atoms with Gasteiger partial charge in [0.05, 0.1) is 17.4 Å². The van der Waals surface area contributed by atoms with Crippen molar-refractivity contribution in [3.8, 4) is 0 Å². The fraction of sp³-hybridized carbons (Fsp3) is 0.714. The molecule has 1 aromatic rings. The highest BCUT2D eigenvalue weighted by Crippen LogP contribution is 2.24.